The second-order valence-electron chi connectivity index (χ2n) is 5.31. The van der Waals surface area contributed by atoms with E-state index < -0.39 is 0 Å². The SMILES string of the molecule is OCC1CC2C3CC(O)C(C3)C2C1. The Labute approximate surface area is 79.0 Å². The van der Waals surface area contributed by atoms with Crippen LogP contribution in [0.4, 0.5) is 0 Å². The smallest absolute Gasteiger partial charge is 0.0574 e. The summed E-state index contributed by atoms with van der Waals surface area (Å²) < 4.78 is 0. The van der Waals surface area contributed by atoms with Crippen molar-refractivity contribution in [3.63, 3.8) is 0 Å². The Morgan fingerprint density at radius 2 is 1.69 bits per heavy atom. The maximum Gasteiger partial charge on any atom is 0.0574 e. The molecule has 0 aromatic rings. The number of hydrogen-bond donors (Lipinski definition) is 2. The van der Waals surface area contributed by atoms with Gasteiger partial charge in [-0.3, -0.25) is 0 Å². The van der Waals surface area contributed by atoms with E-state index in [0.29, 0.717) is 18.4 Å². The molecule has 3 saturated carbocycles. The summed E-state index contributed by atoms with van der Waals surface area (Å²) >= 11 is 0. The first-order chi connectivity index (χ1) is 6.29. The van der Waals surface area contributed by atoms with Gasteiger partial charge >= 0.3 is 0 Å². The van der Waals surface area contributed by atoms with Crippen LogP contribution in [0.25, 0.3) is 0 Å². The first kappa shape index (κ1) is 8.25. The van der Waals surface area contributed by atoms with E-state index in [1.54, 1.807) is 0 Å². The fourth-order valence-corrected chi connectivity index (χ4v) is 4.30. The van der Waals surface area contributed by atoms with Gasteiger partial charge in [-0.15, -0.1) is 0 Å². The first-order valence-corrected chi connectivity index (χ1v) is 5.58. The van der Waals surface area contributed by atoms with E-state index in [0.717, 1.165) is 24.2 Å². The van der Waals surface area contributed by atoms with Crippen LogP contribution in [0.1, 0.15) is 25.7 Å². The molecule has 3 aliphatic carbocycles. The zero-order valence-corrected chi connectivity index (χ0v) is 7.89. The molecule has 2 N–H and O–H groups in total. The molecule has 0 amide bonds. The summed E-state index contributed by atoms with van der Waals surface area (Å²) in [5, 5.41) is 18.9. The topological polar surface area (TPSA) is 40.5 Å². The molecule has 0 aromatic carbocycles. The zero-order valence-electron chi connectivity index (χ0n) is 7.89. The van der Waals surface area contributed by atoms with Gasteiger partial charge < -0.3 is 10.2 Å². The number of hydrogen-bond acceptors (Lipinski definition) is 2. The molecule has 0 aromatic heterocycles. The quantitative estimate of drug-likeness (QED) is 0.635. The summed E-state index contributed by atoms with van der Waals surface area (Å²) in [6, 6.07) is 0. The summed E-state index contributed by atoms with van der Waals surface area (Å²) in [6.07, 6.45) is 4.72. The predicted octanol–water partition coefficient (Wildman–Crippen LogP) is 1.02. The van der Waals surface area contributed by atoms with E-state index in [-0.39, 0.29) is 6.10 Å². The van der Waals surface area contributed by atoms with Gasteiger partial charge in [-0.1, -0.05) is 0 Å². The predicted molar refractivity (Wildman–Crippen MR) is 49.0 cm³/mol. The minimum Gasteiger partial charge on any atom is -0.396 e. The summed E-state index contributed by atoms with van der Waals surface area (Å²) in [7, 11) is 0. The highest BCUT2D eigenvalue weighted by molar-refractivity contribution is 5.04. The van der Waals surface area contributed by atoms with Crippen LogP contribution in [-0.4, -0.2) is 22.9 Å². The molecule has 2 nitrogen and oxygen atoms in total. The third-order valence-electron chi connectivity index (χ3n) is 4.79. The number of rotatable bonds is 1. The van der Waals surface area contributed by atoms with Gasteiger partial charge in [0, 0.05) is 6.61 Å². The Bertz CT molecular complexity index is 216. The van der Waals surface area contributed by atoms with Crippen molar-refractivity contribution in [2.24, 2.45) is 29.6 Å². The molecule has 6 unspecified atom stereocenters. The molecule has 13 heavy (non-hydrogen) atoms. The van der Waals surface area contributed by atoms with Crippen LogP contribution in [0, 0.1) is 29.6 Å². The summed E-state index contributed by atoms with van der Waals surface area (Å²) in [4.78, 5) is 0. The Morgan fingerprint density at radius 1 is 0.923 bits per heavy atom. The van der Waals surface area contributed by atoms with Gasteiger partial charge in [0.1, 0.15) is 0 Å². The van der Waals surface area contributed by atoms with Crippen LogP contribution >= 0.6 is 0 Å². The maximum absolute atomic E-state index is 9.76. The lowest BCUT2D eigenvalue weighted by molar-refractivity contribution is 0.0638. The van der Waals surface area contributed by atoms with Crippen molar-refractivity contribution in [3.05, 3.63) is 0 Å². The molecular weight excluding hydrogens is 164 g/mol. The Balaban J connectivity index is 1.79. The van der Waals surface area contributed by atoms with Gasteiger partial charge in [0.2, 0.25) is 0 Å². The molecule has 0 heterocycles. The molecule has 2 bridgehead atoms. The highest BCUT2D eigenvalue weighted by Gasteiger charge is 2.55. The standard InChI is InChI=1S/C11H18O2/c12-5-6-1-8-7-3-10(9(8)2-6)11(13)4-7/h6-13H,1-5H2. The van der Waals surface area contributed by atoms with Crippen molar-refractivity contribution in [2.75, 3.05) is 6.61 Å². The molecular formula is C11H18O2. The van der Waals surface area contributed by atoms with Crippen LogP contribution in [0.5, 0.6) is 0 Å². The lowest BCUT2D eigenvalue weighted by atomic mass is 9.80. The van der Waals surface area contributed by atoms with E-state index in [9.17, 15) is 5.11 Å². The second kappa shape index (κ2) is 2.71. The number of fused-ring (bicyclic) bond motifs is 5. The minimum atomic E-state index is -0.0105. The van der Waals surface area contributed by atoms with Crippen LogP contribution < -0.4 is 0 Å². The second-order valence-corrected chi connectivity index (χ2v) is 5.31. The molecule has 6 atom stereocenters. The maximum atomic E-state index is 9.76. The molecule has 2 heteroatoms. The fraction of sp³-hybridized carbons (Fsp3) is 1.00. The first-order valence-electron chi connectivity index (χ1n) is 5.58. The lowest BCUT2D eigenvalue weighted by Crippen LogP contribution is -2.27. The van der Waals surface area contributed by atoms with Crippen molar-refractivity contribution >= 4 is 0 Å². The van der Waals surface area contributed by atoms with Crippen LogP contribution in [0.2, 0.25) is 0 Å². The Hall–Kier alpha value is -0.0800. The molecule has 0 aliphatic heterocycles. The molecule has 3 fully saturated rings. The van der Waals surface area contributed by atoms with Gasteiger partial charge in [-0.05, 0) is 55.3 Å². The van der Waals surface area contributed by atoms with E-state index >= 15 is 0 Å². The fourth-order valence-electron chi connectivity index (χ4n) is 4.30. The third kappa shape index (κ3) is 1.02. The Kier molecular flexibility index (Phi) is 1.72. The van der Waals surface area contributed by atoms with Gasteiger partial charge in [-0.2, -0.15) is 0 Å². The van der Waals surface area contributed by atoms with Crippen molar-refractivity contribution in [1.29, 1.82) is 0 Å². The summed E-state index contributed by atoms with van der Waals surface area (Å²) in [5.74, 6) is 3.54. The monoisotopic (exact) mass is 182 g/mol. The van der Waals surface area contributed by atoms with Crippen LogP contribution in [0.15, 0.2) is 0 Å². The van der Waals surface area contributed by atoms with E-state index in [4.69, 9.17) is 5.11 Å². The van der Waals surface area contributed by atoms with E-state index in [1.165, 1.54) is 19.3 Å². The van der Waals surface area contributed by atoms with E-state index in [1.807, 2.05) is 0 Å². The number of aliphatic hydroxyl groups excluding tert-OH is 2. The largest absolute Gasteiger partial charge is 0.396 e. The molecule has 3 rings (SSSR count). The summed E-state index contributed by atoms with van der Waals surface area (Å²) in [5.41, 5.74) is 0. The van der Waals surface area contributed by atoms with Crippen molar-refractivity contribution in [3.8, 4) is 0 Å². The highest BCUT2D eigenvalue weighted by atomic mass is 16.3. The molecule has 0 saturated heterocycles. The van der Waals surface area contributed by atoms with Crippen molar-refractivity contribution in [2.45, 2.75) is 31.8 Å². The van der Waals surface area contributed by atoms with Gasteiger partial charge in [0.05, 0.1) is 6.10 Å². The molecule has 0 spiro atoms. The molecule has 0 radical (unpaired) electrons. The summed E-state index contributed by atoms with van der Waals surface area (Å²) in [6.45, 7) is 0.364. The third-order valence-corrected chi connectivity index (χ3v) is 4.79. The normalized spacial score (nSPS) is 58.6. The van der Waals surface area contributed by atoms with E-state index in [2.05, 4.69) is 0 Å². The van der Waals surface area contributed by atoms with Crippen molar-refractivity contribution in [1.82, 2.24) is 0 Å². The zero-order chi connectivity index (χ0) is 9.00. The number of aliphatic hydroxyl groups is 2. The van der Waals surface area contributed by atoms with Crippen molar-refractivity contribution < 1.29 is 10.2 Å². The van der Waals surface area contributed by atoms with Gasteiger partial charge in [-0.25, -0.2) is 0 Å². The molecule has 74 valence electrons. The van der Waals surface area contributed by atoms with Gasteiger partial charge in [0.25, 0.3) is 0 Å². The van der Waals surface area contributed by atoms with Gasteiger partial charge in [0.15, 0.2) is 0 Å². The van der Waals surface area contributed by atoms with Crippen LogP contribution in [-0.2, 0) is 0 Å². The average Bonchev–Trinajstić information content (AvgIpc) is 2.71. The Morgan fingerprint density at radius 3 is 2.46 bits per heavy atom. The average molecular weight is 182 g/mol. The molecule has 3 aliphatic rings. The van der Waals surface area contributed by atoms with Crippen LogP contribution in [0.3, 0.4) is 0 Å². The highest BCUT2D eigenvalue weighted by Crippen LogP contribution is 2.59. The minimum absolute atomic E-state index is 0.0105. The lowest BCUT2D eigenvalue weighted by Gasteiger charge is -2.28.